The third-order valence-corrected chi connectivity index (χ3v) is 2.67. The molecule has 0 aliphatic carbocycles. The van der Waals surface area contributed by atoms with Crippen LogP contribution in [0.1, 0.15) is 17.3 Å². The molecule has 0 spiro atoms. The van der Waals surface area contributed by atoms with Gasteiger partial charge >= 0.3 is 0 Å². The summed E-state index contributed by atoms with van der Waals surface area (Å²) in [5.74, 6) is -0.378. The maximum Gasteiger partial charge on any atom is 0.270 e. The van der Waals surface area contributed by atoms with Gasteiger partial charge in [0.1, 0.15) is 0 Å². The molecule has 7 nitrogen and oxygen atoms in total. The van der Waals surface area contributed by atoms with Gasteiger partial charge in [-0.25, -0.2) is 0 Å². The number of nitrogens with zero attached hydrogens (tertiary/aromatic N) is 1. The highest BCUT2D eigenvalue weighted by molar-refractivity contribution is 6.00. The van der Waals surface area contributed by atoms with Crippen molar-refractivity contribution in [3.63, 3.8) is 0 Å². The van der Waals surface area contributed by atoms with Crippen LogP contribution >= 0.6 is 0 Å². The van der Waals surface area contributed by atoms with Gasteiger partial charge in [0.15, 0.2) is 0 Å². The second-order valence-corrected chi connectivity index (χ2v) is 3.99. The Morgan fingerprint density at radius 2 is 2.21 bits per heavy atom. The van der Waals surface area contributed by atoms with Crippen molar-refractivity contribution in [2.75, 3.05) is 26.0 Å². The third-order valence-electron chi connectivity index (χ3n) is 2.67. The minimum absolute atomic E-state index is 0.0345. The van der Waals surface area contributed by atoms with Crippen molar-refractivity contribution < 1.29 is 14.5 Å². The Balaban J connectivity index is 3.02. The maximum atomic E-state index is 11.7. The molecule has 1 amide bonds. The standard InChI is InChI=1S/C12H17N3O4/c1-8(19-3)7-14-11-5-4-9(15(17)18)6-10(11)12(16)13-2/h4-6,8,14H,7H2,1-3H3,(H,13,16). The fourth-order valence-corrected chi connectivity index (χ4v) is 1.46. The number of nitrogens with one attached hydrogen (secondary N) is 2. The van der Waals surface area contributed by atoms with E-state index in [0.29, 0.717) is 12.2 Å². The Bertz CT molecular complexity index is 476. The summed E-state index contributed by atoms with van der Waals surface area (Å²) in [6, 6.07) is 4.12. The zero-order valence-corrected chi connectivity index (χ0v) is 11.1. The summed E-state index contributed by atoms with van der Waals surface area (Å²) in [6.45, 7) is 2.37. The molecule has 104 valence electrons. The highest BCUT2D eigenvalue weighted by Crippen LogP contribution is 2.22. The molecule has 1 atom stereocenters. The Hall–Kier alpha value is -2.15. The normalized spacial score (nSPS) is 11.7. The van der Waals surface area contributed by atoms with Crippen LogP contribution in [0, 0.1) is 10.1 Å². The molecule has 2 N–H and O–H groups in total. The number of carbonyl (C=O) groups excluding carboxylic acids is 1. The average Bonchev–Trinajstić information content (AvgIpc) is 2.43. The third kappa shape index (κ3) is 3.92. The largest absolute Gasteiger partial charge is 0.382 e. The summed E-state index contributed by atoms with van der Waals surface area (Å²) in [7, 11) is 3.06. The summed E-state index contributed by atoms with van der Waals surface area (Å²) in [5.41, 5.74) is 0.651. The summed E-state index contributed by atoms with van der Waals surface area (Å²) < 4.78 is 5.09. The Labute approximate surface area is 111 Å². The van der Waals surface area contributed by atoms with Gasteiger partial charge in [-0.15, -0.1) is 0 Å². The first kappa shape index (κ1) is 14.9. The molecule has 1 aromatic carbocycles. The second-order valence-electron chi connectivity index (χ2n) is 3.99. The lowest BCUT2D eigenvalue weighted by atomic mass is 10.1. The molecular weight excluding hydrogens is 250 g/mol. The molecule has 0 aliphatic heterocycles. The Morgan fingerprint density at radius 1 is 1.53 bits per heavy atom. The first-order valence-electron chi connectivity index (χ1n) is 5.76. The fraction of sp³-hybridized carbons (Fsp3) is 0.417. The van der Waals surface area contributed by atoms with Crippen LogP contribution < -0.4 is 10.6 Å². The number of nitro benzene ring substituents is 1. The summed E-state index contributed by atoms with van der Waals surface area (Å²) in [5, 5.41) is 16.2. The molecule has 19 heavy (non-hydrogen) atoms. The lowest BCUT2D eigenvalue weighted by molar-refractivity contribution is -0.384. The van der Waals surface area contributed by atoms with E-state index in [0.717, 1.165) is 0 Å². The molecule has 0 radical (unpaired) electrons. The van der Waals surface area contributed by atoms with Gasteiger partial charge in [0.25, 0.3) is 11.6 Å². The fourth-order valence-electron chi connectivity index (χ4n) is 1.46. The lowest BCUT2D eigenvalue weighted by Gasteiger charge is -2.14. The Morgan fingerprint density at radius 3 is 2.74 bits per heavy atom. The molecule has 0 aromatic heterocycles. The van der Waals surface area contributed by atoms with E-state index in [9.17, 15) is 14.9 Å². The van der Waals surface area contributed by atoms with Crippen molar-refractivity contribution in [1.29, 1.82) is 0 Å². The van der Waals surface area contributed by atoms with Crippen LogP contribution in [0.25, 0.3) is 0 Å². The monoisotopic (exact) mass is 267 g/mol. The first-order chi connectivity index (χ1) is 8.99. The van der Waals surface area contributed by atoms with Gasteiger partial charge in [-0.05, 0) is 13.0 Å². The molecule has 7 heteroatoms. The number of rotatable bonds is 6. The van der Waals surface area contributed by atoms with E-state index in [4.69, 9.17) is 4.74 Å². The van der Waals surface area contributed by atoms with E-state index in [2.05, 4.69) is 10.6 Å². The molecule has 0 saturated heterocycles. The van der Waals surface area contributed by atoms with E-state index < -0.39 is 4.92 Å². The quantitative estimate of drug-likeness (QED) is 0.600. The van der Waals surface area contributed by atoms with E-state index in [1.807, 2.05) is 6.92 Å². The highest BCUT2D eigenvalue weighted by Gasteiger charge is 2.16. The number of amides is 1. The van der Waals surface area contributed by atoms with Crippen LogP contribution in [-0.2, 0) is 4.74 Å². The van der Waals surface area contributed by atoms with Crippen LogP contribution in [0.2, 0.25) is 0 Å². The molecule has 0 fully saturated rings. The number of hydrogen-bond acceptors (Lipinski definition) is 5. The number of anilines is 1. The summed E-state index contributed by atoms with van der Waals surface area (Å²) in [4.78, 5) is 21.9. The molecule has 0 saturated carbocycles. The number of carbonyl (C=O) groups is 1. The second kappa shape index (κ2) is 6.69. The zero-order valence-electron chi connectivity index (χ0n) is 11.1. The topological polar surface area (TPSA) is 93.5 Å². The van der Waals surface area contributed by atoms with E-state index in [1.54, 1.807) is 7.11 Å². The summed E-state index contributed by atoms with van der Waals surface area (Å²) in [6.07, 6.45) is -0.0345. The number of methoxy groups -OCH3 is 1. The van der Waals surface area contributed by atoms with Crippen LogP contribution in [0.5, 0.6) is 0 Å². The van der Waals surface area contributed by atoms with Gasteiger partial charge < -0.3 is 15.4 Å². The molecular formula is C12H17N3O4. The van der Waals surface area contributed by atoms with Crippen LogP contribution in [0.3, 0.4) is 0 Å². The van der Waals surface area contributed by atoms with Gasteiger partial charge in [-0.3, -0.25) is 14.9 Å². The molecule has 1 rings (SSSR count). The van der Waals surface area contributed by atoms with Crippen molar-refractivity contribution in [3.05, 3.63) is 33.9 Å². The SMILES string of the molecule is CNC(=O)c1cc([N+](=O)[O-])ccc1NCC(C)OC. The van der Waals surface area contributed by atoms with Crippen LogP contribution in [0.4, 0.5) is 11.4 Å². The van der Waals surface area contributed by atoms with Crippen LogP contribution in [-0.4, -0.2) is 37.6 Å². The van der Waals surface area contributed by atoms with Crippen molar-refractivity contribution >= 4 is 17.3 Å². The molecule has 0 heterocycles. The van der Waals surface area contributed by atoms with Gasteiger partial charge in [0.05, 0.1) is 16.6 Å². The van der Waals surface area contributed by atoms with Crippen molar-refractivity contribution in [2.24, 2.45) is 0 Å². The zero-order chi connectivity index (χ0) is 14.4. The van der Waals surface area contributed by atoms with E-state index >= 15 is 0 Å². The number of benzene rings is 1. The average molecular weight is 267 g/mol. The molecule has 1 unspecified atom stereocenters. The predicted molar refractivity (Wildman–Crippen MR) is 71.4 cm³/mol. The van der Waals surface area contributed by atoms with Gasteiger partial charge in [0.2, 0.25) is 0 Å². The molecule has 0 bridgehead atoms. The Kier molecular flexibility index (Phi) is 5.25. The number of hydrogen-bond donors (Lipinski definition) is 2. The van der Waals surface area contributed by atoms with Crippen molar-refractivity contribution in [2.45, 2.75) is 13.0 Å². The minimum Gasteiger partial charge on any atom is -0.382 e. The van der Waals surface area contributed by atoms with Gasteiger partial charge in [-0.1, -0.05) is 0 Å². The van der Waals surface area contributed by atoms with Crippen molar-refractivity contribution in [1.82, 2.24) is 5.32 Å². The van der Waals surface area contributed by atoms with Crippen LogP contribution in [0.15, 0.2) is 18.2 Å². The van der Waals surface area contributed by atoms with E-state index in [-0.39, 0.29) is 23.3 Å². The van der Waals surface area contributed by atoms with E-state index in [1.165, 1.54) is 25.2 Å². The highest BCUT2D eigenvalue weighted by atomic mass is 16.6. The minimum atomic E-state index is -0.534. The molecule has 1 aromatic rings. The first-order valence-corrected chi connectivity index (χ1v) is 5.76. The number of non-ortho nitro benzene ring substituents is 1. The van der Waals surface area contributed by atoms with Gasteiger partial charge in [-0.2, -0.15) is 0 Å². The predicted octanol–water partition coefficient (Wildman–Crippen LogP) is 1.40. The number of nitro groups is 1. The van der Waals surface area contributed by atoms with Crippen molar-refractivity contribution in [3.8, 4) is 0 Å². The number of ether oxygens (including phenoxy) is 1. The lowest BCUT2D eigenvalue weighted by Crippen LogP contribution is -2.23. The summed E-state index contributed by atoms with van der Waals surface area (Å²) >= 11 is 0. The smallest absolute Gasteiger partial charge is 0.270 e. The maximum absolute atomic E-state index is 11.7. The van der Waals surface area contributed by atoms with Gasteiger partial charge in [0, 0.05) is 38.5 Å². The molecule has 0 aliphatic rings.